The lowest BCUT2D eigenvalue weighted by Crippen LogP contribution is -2.11. The van der Waals surface area contributed by atoms with Crippen LogP contribution in [0.2, 0.25) is 0 Å². The lowest BCUT2D eigenvalue weighted by atomic mass is 9.95. The largest absolute Gasteiger partial charge is 0.388 e. The Morgan fingerprint density at radius 1 is 1.62 bits per heavy atom. The number of hydrogen-bond donors (Lipinski definition) is 1. The van der Waals surface area contributed by atoms with Crippen molar-refractivity contribution in [2.45, 2.75) is 45.8 Å². The molecule has 1 aromatic rings. The van der Waals surface area contributed by atoms with Crippen LogP contribution in [0, 0.1) is 6.92 Å². The summed E-state index contributed by atoms with van der Waals surface area (Å²) >= 11 is 0. The molecular weight excluding hydrogens is 162 g/mol. The fourth-order valence-corrected chi connectivity index (χ4v) is 2.38. The molecule has 0 amide bonds. The molecule has 2 heteroatoms. The Hall–Kier alpha value is -0.760. The average molecular weight is 179 g/mol. The van der Waals surface area contributed by atoms with E-state index < -0.39 is 0 Å². The Balaban J connectivity index is 2.50. The van der Waals surface area contributed by atoms with Gasteiger partial charge in [0.15, 0.2) is 0 Å². The first kappa shape index (κ1) is 8.82. The zero-order valence-electron chi connectivity index (χ0n) is 8.38. The molecule has 1 aliphatic rings. The van der Waals surface area contributed by atoms with Gasteiger partial charge < -0.3 is 9.67 Å². The van der Waals surface area contributed by atoms with E-state index in [9.17, 15) is 5.11 Å². The molecule has 1 aliphatic carbocycles. The summed E-state index contributed by atoms with van der Waals surface area (Å²) in [4.78, 5) is 0. The monoisotopic (exact) mass is 179 g/mol. The highest BCUT2D eigenvalue weighted by Crippen LogP contribution is 2.31. The van der Waals surface area contributed by atoms with Gasteiger partial charge in [-0.1, -0.05) is 0 Å². The van der Waals surface area contributed by atoms with Crippen LogP contribution in [-0.4, -0.2) is 9.67 Å². The Morgan fingerprint density at radius 3 is 3.08 bits per heavy atom. The molecule has 0 bridgehead atoms. The SMILES string of the molecule is CCn1c(C)cc2c1CCCC2O. The van der Waals surface area contributed by atoms with Gasteiger partial charge in [0.2, 0.25) is 0 Å². The van der Waals surface area contributed by atoms with Crippen molar-refractivity contribution >= 4 is 0 Å². The van der Waals surface area contributed by atoms with Gasteiger partial charge in [-0.05, 0) is 39.2 Å². The summed E-state index contributed by atoms with van der Waals surface area (Å²) < 4.78 is 2.32. The van der Waals surface area contributed by atoms with Crippen molar-refractivity contribution in [3.8, 4) is 0 Å². The second-order valence-electron chi connectivity index (χ2n) is 3.84. The predicted octanol–water partition coefficient (Wildman–Crippen LogP) is 2.19. The molecule has 2 nitrogen and oxygen atoms in total. The summed E-state index contributed by atoms with van der Waals surface area (Å²) in [5.74, 6) is 0. The van der Waals surface area contributed by atoms with Crippen LogP contribution >= 0.6 is 0 Å². The number of aliphatic hydroxyl groups excluding tert-OH is 1. The predicted molar refractivity (Wildman–Crippen MR) is 52.7 cm³/mol. The highest BCUT2D eigenvalue weighted by Gasteiger charge is 2.21. The van der Waals surface area contributed by atoms with E-state index in [-0.39, 0.29) is 6.10 Å². The molecule has 0 saturated carbocycles. The molecule has 0 saturated heterocycles. The highest BCUT2D eigenvalue weighted by atomic mass is 16.3. The van der Waals surface area contributed by atoms with Gasteiger partial charge in [0, 0.05) is 23.5 Å². The molecule has 2 rings (SSSR count). The van der Waals surface area contributed by atoms with E-state index in [1.807, 2.05) is 0 Å². The van der Waals surface area contributed by atoms with Crippen molar-refractivity contribution in [3.63, 3.8) is 0 Å². The van der Waals surface area contributed by atoms with Crippen LogP contribution in [0.25, 0.3) is 0 Å². The summed E-state index contributed by atoms with van der Waals surface area (Å²) in [5, 5.41) is 9.78. The van der Waals surface area contributed by atoms with Crippen LogP contribution in [0.15, 0.2) is 6.07 Å². The highest BCUT2D eigenvalue weighted by molar-refractivity contribution is 5.31. The van der Waals surface area contributed by atoms with Crippen molar-refractivity contribution in [3.05, 3.63) is 23.0 Å². The summed E-state index contributed by atoms with van der Waals surface area (Å²) in [6.45, 7) is 5.30. The quantitative estimate of drug-likeness (QED) is 0.702. The Morgan fingerprint density at radius 2 is 2.38 bits per heavy atom. The van der Waals surface area contributed by atoms with Crippen LogP contribution in [0.5, 0.6) is 0 Å². The van der Waals surface area contributed by atoms with Gasteiger partial charge in [0.05, 0.1) is 6.10 Å². The maximum atomic E-state index is 9.78. The van der Waals surface area contributed by atoms with Crippen LogP contribution in [0.4, 0.5) is 0 Å². The number of aromatic nitrogens is 1. The number of fused-ring (bicyclic) bond motifs is 1. The van der Waals surface area contributed by atoms with Crippen LogP contribution in [0.1, 0.15) is 42.8 Å². The lowest BCUT2D eigenvalue weighted by Gasteiger charge is -2.19. The minimum Gasteiger partial charge on any atom is -0.388 e. The van der Waals surface area contributed by atoms with Gasteiger partial charge in [0.25, 0.3) is 0 Å². The van der Waals surface area contributed by atoms with Crippen molar-refractivity contribution in [2.24, 2.45) is 0 Å². The minimum absolute atomic E-state index is 0.213. The van der Waals surface area contributed by atoms with E-state index in [4.69, 9.17) is 0 Å². The maximum absolute atomic E-state index is 9.78. The summed E-state index contributed by atoms with van der Waals surface area (Å²) in [6.07, 6.45) is 2.97. The zero-order chi connectivity index (χ0) is 9.42. The van der Waals surface area contributed by atoms with Gasteiger partial charge in [-0.3, -0.25) is 0 Å². The van der Waals surface area contributed by atoms with Crippen LogP contribution in [-0.2, 0) is 13.0 Å². The number of aliphatic hydroxyl groups is 1. The smallest absolute Gasteiger partial charge is 0.0807 e. The van der Waals surface area contributed by atoms with E-state index >= 15 is 0 Å². The zero-order valence-corrected chi connectivity index (χ0v) is 8.38. The molecule has 0 spiro atoms. The van der Waals surface area contributed by atoms with Gasteiger partial charge in [-0.2, -0.15) is 0 Å². The molecular formula is C11H17NO. The van der Waals surface area contributed by atoms with E-state index in [0.717, 1.165) is 25.8 Å². The normalized spacial score (nSPS) is 21.6. The molecule has 1 unspecified atom stereocenters. The maximum Gasteiger partial charge on any atom is 0.0807 e. The molecule has 1 heterocycles. The fourth-order valence-electron chi connectivity index (χ4n) is 2.38. The van der Waals surface area contributed by atoms with E-state index in [1.165, 1.54) is 17.0 Å². The third kappa shape index (κ3) is 1.29. The number of rotatable bonds is 1. The number of aryl methyl sites for hydroxylation is 1. The number of nitrogens with zero attached hydrogens (tertiary/aromatic N) is 1. The van der Waals surface area contributed by atoms with Crippen molar-refractivity contribution in [2.75, 3.05) is 0 Å². The van der Waals surface area contributed by atoms with Gasteiger partial charge in [-0.15, -0.1) is 0 Å². The average Bonchev–Trinajstić information content (AvgIpc) is 2.43. The molecule has 0 aliphatic heterocycles. The van der Waals surface area contributed by atoms with Crippen LogP contribution in [0.3, 0.4) is 0 Å². The third-order valence-electron chi connectivity index (χ3n) is 3.02. The molecule has 0 aromatic carbocycles. The molecule has 1 N–H and O–H groups in total. The van der Waals surface area contributed by atoms with E-state index in [0.29, 0.717) is 0 Å². The Kier molecular flexibility index (Phi) is 2.16. The Bertz CT molecular complexity index is 314. The first-order valence-electron chi connectivity index (χ1n) is 5.11. The third-order valence-corrected chi connectivity index (χ3v) is 3.02. The second kappa shape index (κ2) is 3.18. The standard InChI is InChI=1S/C11H17NO/c1-3-12-8(2)7-9-10(12)5-4-6-11(9)13/h7,11,13H,3-6H2,1-2H3. The summed E-state index contributed by atoms with van der Waals surface area (Å²) in [6, 6.07) is 2.14. The molecule has 1 atom stereocenters. The summed E-state index contributed by atoms with van der Waals surface area (Å²) in [5.41, 5.74) is 3.82. The molecule has 0 radical (unpaired) electrons. The minimum atomic E-state index is -0.213. The molecule has 13 heavy (non-hydrogen) atoms. The van der Waals surface area contributed by atoms with Gasteiger partial charge in [-0.25, -0.2) is 0 Å². The number of hydrogen-bond acceptors (Lipinski definition) is 1. The van der Waals surface area contributed by atoms with Gasteiger partial charge >= 0.3 is 0 Å². The first-order chi connectivity index (χ1) is 6.24. The topological polar surface area (TPSA) is 25.2 Å². The molecule has 72 valence electrons. The lowest BCUT2D eigenvalue weighted by molar-refractivity contribution is 0.155. The van der Waals surface area contributed by atoms with Gasteiger partial charge in [0.1, 0.15) is 0 Å². The molecule has 0 fully saturated rings. The second-order valence-corrected chi connectivity index (χ2v) is 3.84. The fraction of sp³-hybridized carbons (Fsp3) is 0.636. The van der Waals surface area contributed by atoms with E-state index in [2.05, 4.69) is 24.5 Å². The van der Waals surface area contributed by atoms with Crippen LogP contribution < -0.4 is 0 Å². The van der Waals surface area contributed by atoms with Crippen molar-refractivity contribution in [1.29, 1.82) is 0 Å². The Labute approximate surface area is 79.2 Å². The van der Waals surface area contributed by atoms with Crippen molar-refractivity contribution < 1.29 is 5.11 Å². The van der Waals surface area contributed by atoms with Crippen molar-refractivity contribution in [1.82, 2.24) is 4.57 Å². The summed E-state index contributed by atoms with van der Waals surface area (Å²) in [7, 11) is 0. The van der Waals surface area contributed by atoms with E-state index in [1.54, 1.807) is 0 Å². The molecule has 1 aromatic heterocycles. The first-order valence-corrected chi connectivity index (χ1v) is 5.11.